The third kappa shape index (κ3) is 45.0. The number of nitrogens with zero attached hydrogens (tertiary/aromatic N) is 1. The lowest BCUT2D eigenvalue weighted by Gasteiger charge is -2.30. The first-order valence-corrected chi connectivity index (χ1v) is 27.1. The van der Waals surface area contributed by atoms with Crippen LogP contribution >= 0.6 is 7.82 Å². The second-order valence-electron chi connectivity index (χ2n) is 18.9. The van der Waals surface area contributed by atoms with Crippen LogP contribution in [-0.4, -0.2) is 68.5 Å². The van der Waals surface area contributed by atoms with E-state index in [2.05, 4.69) is 43.5 Å². The zero-order valence-electron chi connectivity index (χ0n) is 40.4. The Kier molecular flexibility index (Phi) is 42.5. The molecule has 0 spiro atoms. The van der Waals surface area contributed by atoms with Crippen LogP contribution in [0.3, 0.4) is 0 Å². The van der Waals surface area contributed by atoms with E-state index >= 15 is 0 Å². The molecule has 0 aliphatic heterocycles. The van der Waals surface area contributed by atoms with Crippen LogP contribution in [0.15, 0.2) is 24.3 Å². The van der Waals surface area contributed by atoms with Gasteiger partial charge in [0.1, 0.15) is 13.2 Å². The van der Waals surface area contributed by atoms with Gasteiger partial charge in [0.05, 0.1) is 39.9 Å². The zero-order valence-corrected chi connectivity index (χ0v) is 41.3. The van der Waals surface area contributed by atoms with Crippen molar-refractivity contribution in [1.29, 1.82) is 0 Å². The maximum Gasteiger partial charge on any atom is 0.268 e. The van der Waals surface area contributed by atoms with Crippen LogP contribution in [0.4, 0.5) is 0 Å². The van der Waals surface area contributed by atoms with Crippen LogP contribution in [-0.2, 0) is 18.4 Å². The molecule has 60 heavy (non-hydrogen) atoms. The van der Waals surface area contributed by atoms with Crippen molar-refractivity contribution in [1.82, 2.24) is 5.32 Å². The largest absolute Gasteiger partial charge is 0.756 e. The number of hydrogen-bond acceptors (Lipinski definition) is 6. The number of likely N-dealkylation sites (N-methyl/N-ethyl adjacent to an activating group) is 1. The van der Waals surface area contributed by atoms with E-state index in [4.69, 9.17) is 9.05 Å². The van der Waals surface area contributed by atoms with Crippen molar-refractivity contribution < 1.29 is 32.9 Å². The number of rotatable bonds is 47. The van der Waals surface area contributed by atoms with Gasteiger partial charge in [-0.15, -0.1) is 0 Å². The van der Waals surface area contributed by atoms with E-state index in [0.717, 1.165) is 44.9 Å². The van der Waals surface area contributed by atoms with E-state index in [-0.39, 0.29) is 19.1 Å². The molecule has 9 heteroatoms. The summed E-state index contributed by atoms with van der Waals surface area (Å²) in [6.45, 7) is 4.72. The highest BCUT2D eigenvalue weighted by Crippen LogP contribution is 2.38. The second-order valence-corrected chi connectivity index (χ2v) is 20.3. The number of quaternary nitrogens is 1. The first-order valence-electron chi connectivity index (χ1n) is 25.7. The van der Waals surface area contributed by atoms with Gasteiger partial charge in [0.15, 0.2) is 0 Å². The molecule has 0 saturated carbocycles. The van der Waals surface area contributed by atoms with Gasteiger partial charge in [0, 0.05) is 6.42 Å². The SMILES string of the molecule is CCCCCCCCCCC/C=C\C/C=C\CCCCCCCCCCCCCC(=O)NC(COP(=O)([O-])OCC[N+](C)(C)C)C(O)CCCCCCCCCCCCC. The molecule has 1 amide bonds. The Morgan fingerprint density at radius 2 is 0.967 bits per heavy atom. The average molecular weight is 869 g/mol. The summed E-state index contributed by atoms with van der Waals surface area (Å²) < 4.78 is 23.3. The number of allylic oxidation sites excluding steroid dienone is 4. The summed E-state index contributed by atoms with van der Waals surface area (Å²) in [5.41, 5.74) is 0. The summed E-state index contributed by atoms with van der Waals surface area (Å²) in [7, 11) is 1.31. The standard InChI is InChI=1S/C51H101N2O6P/c1-6-8-10-12-14-16-18-19-20-21-22-23-24-25-26-27-28-29-30-31-32-33-35-37-39-41-43-45-51(55)52-49(48-59-60(56,57)58-47-46-53(3,4)5)50(54)44-42-40-38-36-34-17-15-13-11-9-7-2/h22-23,25-26,49-50,54H,6-21,24,27-48H2,1-5H3,(H-,52,55,56,57)/b23-22-,26-25-. The third-order valence-electron chi connectivity index (χ3n) is 11.7. The number of carbonyl (C=O) groups excluding carboxylic acids is 1. The van der Waals surface area contributed by atoms with Crippen molar-refractivity contribution in [2.45, 2.75) is 257 Å². The number of carbonyl (C=O) groups is 1. The van der Waals surface area contributed by atoms with Crippen LogP contribution in [0.1, 0.15) is 245 Å². The maximum atomic E-state index is 12.9. The molecular weight excluding hydrogens is 768 g/mol. The number of amides is 1. The monoisotopic (exact) mass is 869 g/mol. The molecule has 3 unspecified atom stereocenters. The number of phosphoric acid groups is 1. The Morgan fingerprint density at radius 1 is 0.583 bits per heavy atom. The van der Waals surface area contributed by atoms with Crippen molar-refractivity contribution in [3.8, 4) is 0 Å². The highest BCUT2D eigenvalue weighted by molar-refractivity contribution is 7.45. The van der Waals surface area contributed by atoms with Crippen molar-refractivity contribution in [3.63, 3.8) is 0 Å². The fourth-order valence-electron chi connectivity index (χ4n) is 7.60. The summed E-state index contributed by atoms with van der Waals surface area (Å²) in [6, 6.07) is -0.798. The van der Waals surface area contributed by atoms with Crippen molar-refractivity contribution in [2.75, 3.05) is 40.9 Å². The normalized spacial score (nSPS) is 14.3. The summed E-state index contributed by atoms with van der Waals surface area (Å²) >= 11 is 0. The topological polar surface area (TPSA) is 108 Å². The summed E-state index contributed by atoms with van der Waals surface area (Å²) in [5.74, 6) is -0.166. The Hall–Kier alpha value is -1.02. The first kappa shape index (κ1) is 59.0. The molecule has 3 atom stereocenters. The van der Waals surface area contributed by atoms with Crippen molar-refractivity contribution >= 4 is 13.7 Å². The molecule has 0 aromatic heterocycles. The third-order valence-corrected chi connectivity index (χ3v) is 12.7. The summed E-state index contributed by atoms with van der Waals surface area (Å²) in [5, 5.41) is 13.9. The Balaban J connectivity index is 4.10. The van der Waals surface area contributed by atoms with E-state index in [0.29, 0.717) is 23.9 Å². The highest BCUT2D eigenvalue weighted by Gasteiger charge is 2.24. The zero-order chi connectivity index (χ0) is 44.3. The lowest BCUT2D eigenvalue weighted by molar-refractivity contribution is -0.870. The molecule has 0 aromatic rings. The predicted molar refractivity (Wildman–Crippen MR) is 256 cm³/mol. The Bertz CT molecular complexity index is 1030. The van der Waals surface area contributed by atoms with Gasteiger partial charge in [0.25, 0.3) is 7.82 Å². The quantitative estimate of drug-likeness (QED) is 0.0273. The molecule has 0 aliphatic carbocycles. The fraction of sp³-hybridized carbons (Fsp3) is 0.902. The van der Waals surface area contributed by atoms with Gasteiger partial charge in [-0.1, -0.05) is 218 Å². The highest BCUT2D eigenvalue weighted by atomic mass is 31.2. The molecule has 0 radical (unpaired) electrons. The Morgan fingerprint density at radius 3 is 1.38 bits per heavy atom. The molecular formula is C51H101N2O6P. The molecule has 0 bridgehead atoms. The first-order chi connectivity index (χ1) is 29.0. The second kappa shape index (κ2) is 43.2. The molecule has 356 valence electrons. The number of phosphoric ester groups is 1. The molecule has 8 nitrogen and oxygen atoms in total. The summed E-state index contributed by atoms with van der Waals surface area (Å²) in [4.78, 5) is 25.4. The van der Waals surface area contributed by atoms with Crippen LogP contribution in [0, 0.1) is 0 Å². The molecule has 0 fully saturated rings. The van der Waals surface area contributed by atoms with E-state index in [1.807, 2.05) is 21.1 Å². The molecule has 2 N–H and O–H groups in total. The smallest absolute Gasteiger partial charge is 0.268 e. The van der Waals surface area contributed by atoms with E-state index < -0.39 is 20.0 Å². The molecule has 0 saturated heterocycles. The van der Waals surface area contributed by atoms with Gasteiger partial charge in [-0.05, 0) is 44.9 Å². The van der Waals surface area contributed by atoms with Gasteiger partial charge in [-0.2, -0.15) is 0 Å². The van der Waals surface area contributed by atoms with Gasteiger partial charge in [0.2, 0.25) is 5.91 Å². The molecule has 0 rings (SSSR count). The van der Waals surface area contributed by atoms with Crippen LogP contribution < -0.4 is 10.2 Å². The maximum absolute atomic E-state index is 12.9. The average Bonchev–Trinajstić information content (AvgIpc) is 3.20. The van der Waals surface area contributed by atoms with Gasteiger partial charge in [-0.25, -0.2) is 0 Å². The lowest BCUT2D eigenvalue weighted by Crippen LogP contribution is -2.46. The number of unbranched alkanes of at least 4 members (excludes halogenated alkanes) is 30. The van der Waals surface area contributed by atoms with Crippen molar-refractivity contribution in [2.24, 2.45) is 0 Å². The van der Waals surface area contributed by atoms with Gasteiger partial charge >= 0.3 is 0 Å². The van der Waals surface area contributed by atoms with E-state index in [9.17, 15) is 19.4 Å². The minimum absolute atomic E-state index is 0.0126. The number of aliphatic hydroxyl groups excluding tert-OH is 1. The van der Waals surface area contributed by atoms with Crippen LogP contribution in [0.2, 0.25) is 0 Å². The molecule has 0 aromatic carbocycles. The molecule has 0 heterocycles. The van der Waals surface area contributed by atoms with E-state index in [1.54, 1.807) is 0 Å². The fourth-order valence-corrected chi connectivity index (χ4v) is 8.32. The lowest BCUT2D eigenvalue weighted by atomic mass is 10.0. The minimum Gasteiger partial charge on any atom is -0.756 e. The predicted octanol–water partition coefficient (Wildman–Crippen LogP) is 14.2. The summed E-state index contributed by atoms with van der Waals surface area (Å²) in [6.07, 6.45) is 52.0. The number of nitrogens with one attached hydrogen (secondary N) is 1. The van der Waals surface area contributed by atoms with Crippen LogP contribution in [0.5, 0.6) is 0 Å². The van der Waals surface area contributed by atoms with Crippen LogP contribution in [0.25, 0.3) is 0 Å². The Labute approximate surface area is 373 Å². The van der Waals surface area contributed by atoms with Gasteiger partial charge in [-0.3, -0.25) is 9.36 Å². The molecule has 0 aliphatic rings. The number of aliphatic hydroxyl groups is 1. The van der Waals surface area contributed by atoms with Gasteiger partial charge < -0.3 is 28.8 Å². The van der Waals surface area contributed by atoms with Crippen molar-refractivity contribution in [3.05, 3.63) is 24.3 Å². The van der Waals surface area contributed by atoms with E-state index in [1.165, 1.54) is 173 Å². The number of hydrogen-bond donors (Lipinski definition) is 2. The minimum atomic E-state index is -4.56.